The Balaban J connectivity index is 0.000000229. The Morgan fingerprint density at radius 3 is 1.27 bits per heavy atom. The van der Waals surface area contributed by atoms with Gasteiger partial charge in [-0.2, -0.15) is 5.10 Å². The summed E-state index contributed by atoms with van der Waals surface area (Å²) in [4.78, 5) is 112. The van der Waals surface area contributed by atoms with Gasteiger partial charge in [-0.15, -0.1) is 28.5 Å². The van der Waals surface area contributed by atoms with E-state index in [1.165, 1.54) is 22.0 Å². The smallest absolute Gasteiger partial charge is 0.408 e. The molecule has 98 heavy (non-hydrogen) atoms. The molecule has 2 aromatic heterocycles. The van der Waals surface area contributed by atoms with Crippen molar-refractivity contribution in [1.29, 1.82) is 0 Å². The van der Waals surface area contributed by atoms with Gasteiger partial charge in [0.05, 0.1) is 29.3 Å². The third-order valence-corrected chi connectivity index (χ3v) is 21.7. The number of hydrogen-bond acceptors (Lipinski definition) is 20. The van der Waals surface area contributed by atoms with Crippen molar-refractivity contribution in [3.8, 4) is 11.8 Å². The van der Waals surface area contributed by atoms with Crippen LogP contribution in [0.1, 0.15) is 140 Å². The fraction of sp³-hybridized carbons (Fsp3) is 0.582. The van der Waals surface area contributed by atoms with E-state index in [2.05, 4.69) is 64.3 Å². The number of aromatic nitrogens is 4. The molecule has 2 aromatic carbocycles. The van der Waals surface area contributed by atoms with Crippen LogP contribution in [0.4, 0.5) is 9.59 Å². The zero-order valence-electron chi connectivity index (χ0n) is 57.4. The van der Waals surface area contributed by atoms with Crippen molar-refractivity contribution in [3.63, 3.8) is 0 Å². The molecule has 8 amide bonds. The molecule has 4 heterocycles. The lowest BCUT2D eigenvalue weighted by Gasteiger charge is -2.36. The molecule has 4 aromatic rings. The molecular formula is C67H89ClN12O16S2. The van der Waals surface area contributed by atoms with Crippen molar-refractivity contribution in [2.75, 3.05) is 13.1 Å². The number of halogens is 1. The SMILES string of the molecule is C=CC1C[C@]1(NC(=O)[C@@H]1C[C@@H](Oc2nnc(C)c3ccccc23)CN1C(=O)[C@@H](NC(=O)OC(C)(C)C)C(C)(C)C)C(=O)NS(=O)(=O)C1CC1.C=CC1C[C@]1(NC(=O)[C@@H]1C[C@@H](Oc2nnc(Cl)c3ccccc23)CN1C(=O)[C@@H](NC(=O)OC(C)(C)C)C(C)(C)C)C(=O)NS(=O)(=O)C1CC1. The topological polar surface area (TPSA) is 372 Å². The van der Waals surface area contributed by atoms with E-state index in [4.69, 9.17) is 30.5 Å². The average Bonchev–Trinajstić information content (AvgIpc) is 1.58. The first kappa shape index (κ1) is 74.0. The molecule has 10 rings (SSSR count). The number of nitrogens with zero attached hydrogens (tertiary/aromatic N) is 6. The summed E-state index contributed by atoms with van der Waals surface area (Å²) in [5, 5.41) is 29.1. The van der Waals surface area contributed by atoms with Crippen LogP contribution < -0.4 is 40.2 Å². The zero-order chi connectivity index (χ0) is 72.2. The quantitative estimate of drug-likeness (QED) is 0.0541. The molecule has 4 aliphatic carbocycles. The van der Waals surface area contributed by atoms with Crippen LogP contribution in [0, 0.1) is 29.6 Å². The van der Waals surface area contributed by atoms with E-state index < -0.39 is 159 Å². The molecule has 2 aliphatic heterocycles. The van der Waals surface area contributed by atoms with Crippen LogP contribution in [-0.2, 0) is 58.3 Å². The van der Waals surface area contributed by atoms with E-state index in [1.807, 2.05) is 31.2 Å². The van der Waals surface area contributed by atoms with Crippen LogP contribution in [0.15, 0.2) is 73.8 Å². The van der Waals surface area contributed by atoms with Gasteiger partial charge in [-0.1, -0.05) is 102 Å². The fourth-order valence-electron chi connectivity index (χ4n) is 12.0. The van der Waals surface area contributed by atoms with Gasteiger partial charge in [0.1, 0.15) is 58.7 Å². The van der Waals surface area contributed by atoms with Crippen molar-refractivity contribution < 1.29 is 74.1 Å². The molecule has 6 N–H and O–H groups in total. The number of carbonyl (C=O) groups is 8. The highest BCUT2D eigenvalue weighted by Crippen LogP contribution is 2.47. The number of hydrogen-bond donors (Lipinski definition) is 6. The number of benzene rings is 2. The summed E-state index contributed by atoms with van der Waals surface area (Å²) in [6.07, 6.45) is 1.97. The second-order valence-corrected chi connectivity index (χ2v) is 34.5. The first-order valence-corrected chi connectivity index (χ1v) is 36.1. The zero-order valence-corrected chi connectivity index (χ0v) is 59.8. The third kappa shape index (κ3) is 16.9. The third-order valence-electron chi connectivity index (χ3n) is 17.7. The summed E-state index contributed by atoms with van der Waals surface area (Å²) in [7, 11) is -7.79. The Morgan fingerprint density at radius 2 is 0.918 bits per heavy atom. The summed E-state index contributed by atoms with van der Waals surface area (Å²) in [6.45, 7) is 30.0. The summed E-state index contributed by atoms with van der Waals surface area (Å²) >= 11 is 6.25. The van der Waals surface area contributed by atoms with Crippen LogP contribution in [-0.4, -0.2) is 177 Å². The summed E-state index contributed by atoms with van der Waals surface area (Å²) in [5.74, 6) is -4.89. The molecule has 0 radical (unpaired) electrons. The van der Waals surface area contributed by atoms with Gasteiger partial charge >= 0.3 is 12.2 Å². The number of ether oxygens (including phenoxy) is 4. The van der Waals surface area contributed by atoms with E-state index in [1.54, 1.807) is 107 Å². The van der Waals surface area contributed by atoms with Crippen molar-refractivity contribution in [2.24, 2.45) is 22.7 Å². The van der Waals surface area contributed by atoms with Crippen LogP contribution in [0.2, 0.25) is 5.15 Å². The van der Waals surface area contributed by atoms with Crippen LogP contribution in [0.3, 0.4) is 0 Å². The van der Waals surface area contributed by atoms with E-state index >= 15 is 0 Å². The van der Waals surface area contributed by atoms with Crippen molar-refractivity contribution >= 4 is 101 Å². The molecule has 31 heteroatoms. The molecule has 2 saturated heterocycles. The molecule has 28 nitrogen and oxygen atoms in total. The van der Waals surface area contributed by atoms with Crippen molar-refractivity contribution in [2.45, 2.75) is 211 Å². The summed E-state index contributed by atoms with van der Waals surface area (Å²) < 4.78 is 78.3. The van der Waals surface area contributed by atoms with Gasteiger partial charge in [-0.3, -0.25) is 38.2 Å². The van der Waals surface area contributed by atoms with E-state index in [9.17, 15) is 55.2 Å². The molecule has 2 unspecified atom stereocenters. The number of amides is 8. The highest BCUT2D eigenvalue weighted by Gasteiger charge is 2.64. The number of nitrogens with one attached hydrogen (secondary N) is 6. The molecule has 0 bridgehead atoms. The molecular weight excluding hydrogens is 1330 g/mol. The highest BCUT2D eigenvalue weighted by molar-refractivity contribution is 7.91. The molecule has 4 saturated carbocycles. The second kappa shape index (κ2) is 27.5. The Labute approximate surface area is 575 Å². The van der Waals surface area contributed by atoms with Gasteiger partial charge < -0.3 is 50.0 Å². The first-order chi connectivity index (χ1) is 45.5. The maximum absolute atomic E-state index is 14.4. The van der Waals surface area contributed by atoms with Crippen molar-refractivity contribution in [1.82, 2.24) is 60.9 Å². The summed E-state index contributed by atoms with van der Waals surface area (Å²) in [5.41, 5.74) is -5.70. The van der Waals surface area contributed by atoms with Gasteiger partial charge in [0.2, 0.25) is 55.4 Å². The number of carbonyl (C=O) groups excluding carboxylic acids is 8. The lowest BCUT2D eigenvalue weighted by molar-refractivity contribution is -0.143. The summed E-state index contributed by atoms with van der Waals surface area (Å²) in [6, 6.07) is 9.97. The number of sulfonamides is 2. The molecule has 10 atom stereocenters. The van der Waals surface area contributed by atoms with Crippen LogP contribution >= 0.6 is 11.6 Å². The Morgan fingerprint density at radius 1 is 0.561 bits per heavy atom. The Kier molecular flexibility index (Phi) is 20.7. The lowest BCUT2D eigenvalue weighted by Crippen LogP contribution is -2.60. The van der Waals surface area contributed by atoms with Crippen LogP contribution in [0.5, 0.6) is 11.8 Å². The van der Waals surface area contributed by atoms with Gasteiger partial charge in [0.15, 0.2) is 5.15 Å². The van der Waals surface area contributed by atoms with Gasteiger partial charge in [0.25, 0.3) is 11.8 Å². The van der Waals surface area contributed by atoms with Gasteiger partial charge in [-0.25, -0.2) is 26.4 Å². The second-order valence-electron chi connectivity index (χ2n) is 30.2. The molecule has 0 spiro atoms. The number of rotatable bonds is 20. The van der Waals surface area contributed by atoms with E-state index in [0.717, 1.165) is 5.39 Å². The number of aryl methyl sites for hydroxylation is 1. The lowest BCUT2D eigenvalue weighted by atomic mass is 9.85. The number of fused-ring (bicyclic) bond motifs is 2. The average molecular weight is 1420 g/mol. The minimum absolute atomic E-state index is 0.0155. The Hall–Kier alpha value is -8.25. The standard InChI is InChI=1S/C34H46N6O8S.C33H43ClN6O8S/c1-9-20-17-34(20,30(43)39-49(45,46)22-14-15-22)36-27(41)25-16-21(47-28-24-13-11-10-12-23(24)19(2)37-38-28)18-40(25)29(42)26(32(3,4)5)35-31(44)48-33(6,7)8;1-8-18-16-33(18,29(43)39-49(45,46)20-13-14-20)36-26(41)23-15-19(47-27-22-12-10-9-11-21(22)25(34)37-38-27)17-40(23)28(42)24(31(2,3)4)35-30(44)48-32(5,6)7/h9-13,20-22,25-26H,1,14-18H2,2-8H3,(H,35,44)(H,36,41)(H,39,43);8-12,18-20,23-24H,1,13-17H2,2-7H3,(H,35,44)(H,36,41)(H,39,43)/t20?,21-,25+,26-,34-;18?,19-,23+,24-,33-/m11/s1. The number of likely N-dealkylation sites (tertiary alicyclic amines) is 2. The molecule has 6 fully saturated rings. The maximum atomic E-state index is 14.4. The maximum Gasteiger partial charge on any atom is 0.408 e. The van der Waals surface area contributed by atoms with Gasteiger partial charge in [0, 0.05) is 46.2 Å². The van der Waals surface area contributed by atoms with Crippen molar-refractivity contribution in [3.05, 3.63) is 84.7 Å². The fourth-order valence-corrected chi connectivity index (χ4v) is 14.9. The largest absolute Gasteiger partial charge is 0.471 e. The molecule has 532 valence electrons. The predicted molar refractivity (Wildman–Crippen MR) is 362 cm³/mol. The van der Waals surface area contributed by atoms with Crippen LogP contribution in [0.25, 0.3) is 21.5 Å². The molecule has 6 aliphatic rings. The Bertz CT molecular complexity index is 3830. The minimum atomic E-state index is -3.90. The monoisotopic (exact) mass is 1420 g/mol. The predicted octanol–water partition coefficient (Wildman–Crippen LogP) is 6.14. The van der Waals surface area contributed by atoms with E-state index in [-0.39, 0.29) is 55.7 Å². The first-order valence-electron chi connectivity index (χ1n) is 32.6. The highest BCUT2D eigenvalue weighted by atomic mass is 35.5. The minimum Gasteiger partial charge on any atom is -0.471 e. The normalized spacial score (nSPS) is 24.5. The number of alkyl carbamates (subject to hydrolysis) is 2. The van der Waals surface area contributed by atoms with Gasteiger partial charge in [-0.05, 0) is 110 Å². The van der Waals surface area contributed by atoms with E-state index in [0.29, 0.717) is 47.5 Å².